The van der Waals surface area contributed by atoms with Crippen LogP contribution in [-0.4, -0.2) is 25.7 Å². The van der Waals surface area contributed by atoms with Crippen LogP contribution in [0.2, 0.25) is 0 Å². The van der Waals surface area contributed by atoms with Crippen molar-refractivity contribution in [3.05, 3.63) is 35.4 Å². The fraction of sp³-hybridized carbons (Fsp3) is 0.533. The summed E-state index contributed by atoms with van der Waals surface area (Å²) in [4.78, 5) is 11.8. The van der Waals surface area contributed by atoms with Crippen molar-refractivity contribution < 1.29 is 9.53 Å². The lowest BCUT2D eigenvalue weighted by atomic mass is 10.0. The Hall–Kier alpha value is -1.39. The highest BCUT2D eigenvalue weighted by Crippen LogP contribution is 2.08. The molecule has 0 aliphatic rings. The quantitative estimate of drug-likeness (QED) is 0.666. The molecule has 19 heavy (non-hydrogen) atoms. The van der Waals surface area contributed by atoms with E-state index in [2.05, 4.69) is 12.2 Å². The lowest BCUT2D eigenvalue weighted by Gasteiger charge is -2.09. The third-order valence-electron chi connectivity index (χ3n) is 2.90. The zero-order valence-corrected chi connectivity index (χ0v) is 11.7. The van der Waals surface area contributed by atoms with E-state index in [-0.39, 0.29) is 5.91 Å². The number of hydrogen-bond acceptors (Lipinski definition) is 3. The molecule has 106 valence electrons. The molecule has 0 fully saturated rings. The van der Waals surface area contributed by atoms with Gasteiger partial charge in [0.1, 0.15) is 0 Å². The van der Waals surface area contributed by atoms with E-state index in [0.717, 1.165) is 30.6 Å². The number of unbranched alkanes of at least 4 members (excludes halogenated alkanes) is 1. The third-order valence-corrected chi connectivity index (χ3v) is 2.90. The van der Waals surface area contributed by atoms with E-state index in [0.29, 0.717) is 26.1 Å². The van der Waals surface area contributed by atoms with Crippen molar-refractivity contribution in [3.8, 4) is 0 Å². The fourth-order valence-corrected chi connectivity index (χ4v) is 1.78. The molecule has 0 atom stereocenters. The predicted octanol–water partition coefficient (Wildman–Crippen LogP) is 1.62. The van der Waals surface area contributed by atoms with Crippen molar-refractivity contribution in [2.24, 2.45) is 5.73 Å². The number of ether oxygens (including phenoxy) is 1. The molecule has 1 rings (SSSR count). The van der Waals surface area contributed by atoms with Gasteiger partial charge in [-0.1, -0.05) is 37.6 Å². The summed E-state index contributed by atoms with van der Waals surface area (Å²) in [5.74, 6) is 0.0139. The molecule has 0 spiro atoms. The van der Waals surface area contributed by atoms with Crippen LogP contribution in [0.25, 0.3) is 0 Å². The average Bonchev–Trinajstić information content (AvgIpc) is 2.43. The van der Waals surface area contributed by atoms with Crippen LogP contribution in [0.5, 0.6) is 0 Å². The SMILES string of the molecule is CCCCOCCNC(=O)Cc1ccccc1CN. The van der Waals surface area contributed by atoms with Gasteiger partial charge in [0.15, 0.2) is 0 Å². The monoisotopic (exact) mass is 264 g/mol. The van der Waals surface area contributed by atoms with Crippen molar-refractivity contribution >= 4 is 5.91 Å². The summed E-state index contributed by atoms with van der Waals surface area (Å²) in [6, 6.07) is 7.76. The molecule has 4 heteroatoms. The van der Waals surface area contributed by atoms with Crippen LogP contribution >= 0.6 is 0 Å². The second kappa shape index (κ2) is 9.53. The molecular formula is C15H24N2O2. The first kappa shape index (κ1) is 15.7. The second-order valence-corrected chi connectivity index (χ2v) is 4.47. The summed E-state index contributed by atoms with van der Waals surface area (Å²) in [6.45, 7) is 4.49. The number of hydrogen-bond donors (Lipinski definition) is 2. The summed E-state index contributed by atoms with van der Waals surface area (Å²) in [5, 5.41) is 2.85. The Balaban J connectivity index is 2.23. The molecule has 1 amide bonds. The van der Waals surface area contributed by atoms with Crippen LogP contribution < -0.4 is 11.1 Å². The number of carbonyl (C=O) groups excluding carboxylic acids is 1. The van der Waals surface area contributed by atoms with Gasteiger partial charge in [0.05, 0.1) is 13.0 Å². The highest BCUT2D eigenvalue weighted by Gasteiger charge is 2.06. The second-order valence-electron chi connectivity index (χ2n) is 4.47. The Bertz CT molecular complexity index is 380. The number of amides is 1. The first-order valence-electron chi connectivity index (χ1n) is 6.89. The van der Waals surface area contributed by atoms with Gasteiger partial charge in [-0.05, 0) is 17.5 Å². The van der Waals surface area contributed by atoms with E-state index < -0.39 is 0 Å². The number of benzene rings is 1. The highest BCUT2D eigenvalue weighted by atomic mass is 16.5. The first-order valence-corrected chi connectivity index (χ1v) is 6.89. The average molecular weight is 264 g/mol. The van der Waals surface area contributed by atoms with Crippen LogP contribution in [0.4, 0.5) is 0 Å². The molecule has 0 bridgehead atoms. The maximum atomic E-state index is 11.8. The van der Waals surface area contributed by atoms with Gasteiger partial charge in [0.2, 0.25) is 5.91 Å². The van der Waals surface area contributed by atoms with Crippen molar-refractivity contribution in [3.63, 3.8) is 0 Å². The van der Waals surface area contributed by atoms with Gasteiger partial charge in [-0.2, -0.15) is 0 Å². The number of carbonyl (C=O) groups is 1. The van der Waals surface area contributed by atoms with Crippen molar-refractivity contribution in [1.29, 1.82) is 0 Å². The smallest absolute Gasteiger partial charge is 0.224 e. The summed E-state index contributed by atoms with van der Waals surface area (Å²) in [6.07, 6.45) is 2.57. The minimum absolute atomic E-state index is 0.0139. The maximum Gasteiger partial charge on any atom is 0.224 e. The van der Waals surface area contributed by atoms with Crippen molar-refractivity contribution in [2.75, 3.05) is 19.8 Å². The van der Waals surface area contributed by atoms with Crippen LogP contribution in [-0.2, 0) is 22.5 Å². The number of rotatable bonds is 9. The van der Waals surface area contributed by atoms with E-state index >= 15 is 0 Å². The van der Waals surface area contributed by atoms with Crippen molar-refractivity contribution in [1.82, 2.24) is 5.32 Å². The van der Waals surface area contributed by atoms with Gasteiger partial charge in [-0.15, -0.1) is 0 Å². The largest absolute Gasteiger partial charge is 0.380 e. The molecule has 0 radical (unpaired) electrons. The van der Waals surface area contributed by atoms with Crippen LogP contribution in [0.3, 0.4) is 0 Å². The first-order chi connectivity index (χ1) is 9.27. The van der Waals surface area contributed by atoms with Gasteiger partial charge < -0.3 is 15.8 Å². The summed E-state index contributed by atoms with van der Waals surface area (Å²) in [5.41, 5.74) is 7.66. The van der Waals surface area contributed by atoms with Crippen LogP contribution in [0, 0.1) is 0 Å². The van der Waals surface area contributed by atoms with Gasteiger partial charge in [0, 0.05) is 19.7 Å². The molecule has 0 aromatic heterocycles. The molecule has 3 N–H and O–H groups in total. The zero-order chi connectivity index (χ0) is 13.9. The molecule has 1 aromatic carbocycles. The number of nitrogens with two attached hydrogens (primary N) is 1. The van der Waals surface area contributed by atoms with Gasteiger partial charge in [-0.25, -0.2) is 0 Å². The van der Waals surface area contributed by atoms with E-state index in [1.54, 1.807) is 0 Å². The number of nitrogens with one attached hydrogen (secondary N) is 1. The lowest BCUT2D eigenvalue weighted by molar-refractivity contribution is -0.120. The Morgan fingerprint density at radius 1 is 1.26 bits per heavy atom. The van der Waals surface area contributed by atoms with E-state index in [1.165, 1.54) is 0 Å². The van der Waals surface area contributed by atoms with E-state index in [1.807, 2.05) is 24.3 Å². The molecule has 0 saturated heterocycles. The lowest BCUT2D eigenvalue weighted by Crippen LogP contribution is -2.29. The molecule has 0 aliphatic carbocycles. The van der Waals surface area contributed by atoms with Gasteiger partial charge in [0.25, 0.3) is 0 Å². The molecule has 4 nitrogen and oxygen atoms in total. The maximum absolute atomic E-state index is 11.8. The molecule has 0 saturated carbocycles. The topological polar surface area (TPSA) is 64.3 Å². The molecule has 0 heterocycles. The Labute approximate surface area is 115 Å². The summed E-state index contributed by atoms with van der Waals surface area (Å²) < 4.78 is 5.38. The Morgan fingerprint density at radius 2 is 2.00 bits per heavy atom. The molecule has 1 aromatic rings. The molecule has 0 aliphatic heterocycles. The predicted molar refractivity (Wildman–Crippen MR) is 76.8 cm³/mol. The van der Waals surface area contributed by atoms with Crippen LogP contribution in [0.1, 0.15) is 30.9 Å². The minimum Gasteiger partial charge on any atom is -0.380 e. The van der Waals surface area contributed by atoms with E-state index in [9.17, 15) is 4.79 Å². The summed E-state index contributed by atoms with van der Waals surface area (Å²) in [7, 11) is 0. The summed E-state index contributed by atoms with van der Waals surface area (Å²) >= 11 is 0. The van der Waals surface area contributed by atoms with Crippen molar-refractivity contribution in [2.45, 2.75) is 32.7 Å². The van der Waals surface area contributed by atoms with Crippen LogP contribution in [0.15, 0.2) is 24.3 Å². The zero-order valence-electron chi connectivity index (χ0n) is 11.7. The molecular weight excluding hydrogens is 240 g/mol. The standard InChI is InChI=1S/C15H24N2O2/c1-2-3-9-19-10-8-17-15(18)11-13-6-4-5-7-14(13)12-16/h4-7H,2-3,8-12,16H2,1H3,(H,17,18). The minimum atomic E-state index is 0.0139. The van der Waals surface area contributed by atoms with E-state index in [4.69, 9.17) is 10.5 Å². The normalized spacial score (nSPS) is 10.4. The highest BCUT2D eigenvalue weighted by molar-refractivity contribution is 5.78. The fourth-order valence-electron chi connectivity index (χ4n) is 1.78. The molecule has 0 unspecified atom stereocenters. The third kappa shape index (κ3) is 6.36. The Kier molecular flexibility index (Phi) is 7.86. The van der Waals surface area contributed by atoms with Gasteiger partial charge >= 0.3 is 0 Å². The van der Waals surface area contributed by atoms with Gasteiger partial charge in [-0.3, -0.25) is 4.79 Å². The Morgan fingerprint density at radius 3 is 2.68 bits per heavy atom.